The van der Waals surface area contributed by atoms with E-state index in [0.717, 1.165) is 5.69 Å². The third-order valence-corrected chi connectivity index (χ3v) is 1.06. The van der Waals surface area contributed by atoms with E-state index in [2.05, 4.69) is 15.1 Å². The Morgan fingerprint density at radius 1 is 1.58 bits per heavy atom. The van der Waals surface area contributed by atoms with Gasteiger partial charge in [-0.2, -0.15) is 0 Å². The molecular weight excluding hydrogens is 154 g/mol. The van der Waals surface area contributed by atoms with E-state index in [1.54, 1.807) is 18.5 Å². The van der Waals surface area contributed by atoms with E-state index in [4.69, 9.17) is 4.84 Å². The third-order valence-electron chi connectivity index (χ3n) is 1.06. The topological polar surface area (TPSA) is 47.4 Å². The molecule has 4 nitrogen and oxygen atoms in total. The summed E-state index contributed by atoms with van der Waals surface area (Å²) in [4.78, 5) is 12.7. The van der Waals surface area contributed by atoms with Crippen molar-refractivity contribution in [3.63, 3.8) is 0 Å². The minimum atomic E-state index is 0.100. The Bertz CT molecular complexity index is 246. The zero-order chi connectivity index (χ0) is 8.81. The minimum Gasteiger partial charge on any atom is -0.393 e. The second kappa shape index (κ2) is 4.43. The van der Waals surface area contributed by atoms with Crippen molar-refractivity contribution < 1.29 is 4.84 Å². The van der Waals surface area contributed by atoms with Gasteiger partial charge in [-0.1, -0.05) is 5.16 Å². The molecule has 0 spiro atoms. The van der Waals surface area contributed by atoms with E-state index in [0.29, 0.717) is 0 Å². The Balaban J connectivity index is 2.47. The molecule has 0 aliphatic heterocycles. The predicted octanol–water partition coefficient (Wildman–Crippen LogP) is 1.24. The van der Waals surface area contributed by atoms with Gasteiger partial charge in [-0.25, -0.2) is 9.97 Å². The summed E-state index contributed by atoms with van der Waals surface area (Å²) < 4.78 is 0. The molecule has 12 heavy (non-hydrogen) atoms. The van der Waals surface area contributed by atoms with E-state index in [9.17, 15) is 0 Å². The predicted molar refractivity (Wildman–Crippen MR) is 45.8 cm³/mol. The van der Waals surface area contributed by atoms with Crippen molar-refractivity contribution in [1.29, 1.82) is 0 Å². The van der Waals surface area contributed by atoms with Crippen molar-refractivity contribution in [3.8, 4) is 0 Å². The van der Waals surface area contributed by atoms with Gasteiger partial charge in [0.05, 0.1) is 11.9 Å². The van der Waals surface area contributed by atoms with Gasteiger partial charge >= 0.3 is 0 Å². The first-order valence-corrected chi connectivity index (χ1v) is 3.74. The lowest BCUT2D eigenvalue weighted by molar-refractivity contribution is 0.0873. The lowest BCUT2D eigenvalue weighted by Crippen LogP contribution is -1.96. The molecule has 0 unspecified atom stereocenters. The first kappa shape index (κ1) is 8.64. The quantitative estimate of drug-likeness (QED) is 0.500. The van der Waals surface area contributed by atoms with Crippen molar-refractivity contribution in [3.05, 3.63) is 24.3 Å². The van der Waals surface area contributed by atoms with Gasteiger partial charge in [0, 0.05) is 6.20 Å². The van der Waals surface area contributed by atoms with Crippen LogP contribution in [0.1, 0.15) is 19.5 Å². The van der Waals surface area contributed by atoms with Crippen LogP contribution in [-0.2, 0) is 4.84 Å². The van der Waals surface area contributed by atoms with Crippen LogP contribution in [0.4, 0.5) is 0 Å². The van der Waals surface area contributed by atoms with Crippen molar-refractivity contribution >= 4 is 6.21 Å². The van der Waals surface area contributed by atoms with E-state index in [-0.39, 0.29) is 6.10 Å². The smallest absolute Gasteiger partial charge is 0.122 e. The summed E-state index contributed by atoms with van der Waals surface area (Å²) in [5.41, 5.74) is 0.741. The summed E-state index contributed by atoms with van der Waals surface area (Å²) in [6.45, 7) is 3.83. The van der Waals surface area contributed by atoms with Gasteiger partial charge < -0.3 is 4.84 Å². The molecule has 0 fully saturated rings. The Morgan fingerprint density at radius 2 is 2.42 bits per heavy atom. The summed E-state index contributed by atoms with van der Waals surface area (Å²) in [7, 11) is 0. The Kier molecular flexibility index (Phi) is 3.19. The first-order chi connectivity index (χ1) is 5.79. The van der Waals surface area contributed by atoms with Crippen LogP contribution < -0.4 is 0 Å². The molecule has 0 atom stereocenters. The molecule has 0 saturated carbocycles. The van der Waals surface area contributed by atoms with Crippen molar-refractivity contribution in [1.82, 2.24) is 9.97 Å². The third kappa shape index (κ3) is 3.09. The molecule has 1 rings (SSSR count). The maximum absolute atomic E-state index is 4.95. The molecule has 0 aromatic carbocycles. The lowest BCUT2D eigenvalue weighted by Gasteiger charge is -1.99. The van der Waals surface area contributed by atoms with Crippen LogP contribution in [0.2, 0.25) is 0 Å². The molecule has 0 saturated heterocycles. The summed E-state index contributed by atoms with van der Waals surface area (Å²) in [5, 5.41) is 3.73. The summed E-state index contributed by atoms with van der Waals surface area (Å²) in [5.74, 6) is 0. The fraction of sp³-hybridized carbons (Fsp3) is 0.375. The summed E-state index contributed by atoms with van der Waals surface area (Å²) >= 11 is 0. The van der Waals surface area contributed by atoms with Gasteiger partial charge in [-0.05, 0) is 19.9 Å². The van der Waals surface area contributed by atoms with Crippen LogP contribution in [-0.4, -0.2) is 22.3 Å². The Hall–Kier alpha value is -1.45. The van der Waals surface area contributed by atoms with Crippen LogP contribution in [0.3, 0.4) is 0 Å². The standard InChI is InChI=1S/C8H11N3O/c1-7(2)12-11-5-8-3-4-9-6-10-8/h3-7H,1-2H3/b11-5+. The zero-order valence-electron chi connectivity index (χ0n) is 7.14. The molecule has 0 aliphatic rings. The molecule has 0 bridgehead atoms. The van der Waals surface area contributed by atoms with Crippen LogP contribution in [0.15, 0.2) is 23.7 Å². The summed E-state index contributed by atoms with van der Waals surface area (Å²) in [6, 6.07) is 1.76. The van der Waals surface area contributed by atoms with Gasteiger partial charge in [0.25, 0.3) is 0 Å². The second-order valence-corrected chi connectivity index (χ2v) is 2.52. The molecular formula is C8H11N3O. The van der Waals surface area contributed by atoms with Crippen LogP contribution in [0.5, 0.6) is 0 Å². The highest BCUT2D eigenvalue weighted by Gasteiger charge is 1.89. The van der Waals surface area contributed by atoms with Gasteiger partial charge in [0.2, 0.25) is 0 Å². The maximum Gasteiger partial charge on any atom is 0.122 e. The van der Waals surface area contributed by atoms with E-state index in [1.165, 1.54) is 6.33 Å². The lowest BCUT2D eigenvalue weighted by atomic mass is 10.4. The number of rotatable bonds is 3. The molecule has 0 radical (unpaired) electrons. The molecule has 1 aromatic heterocycles. The van der Waals surface area contributed by atoms with Gasteiger partial charge in [-0.3, -0.25) is 0 Å². The number of nitrogens with zero attached hydrogens (tertiary/aromatic N) is 3. The zero-order valence-corrected chi connectivity index (χ0v) is 7.14. The Labute approximate surface area is 71.3 Å². The number of hydrogen-bond acceptors (Lipinski definition) is 4. The maximum atomic E-state index is 4.95. The van der Waals surface area contributed by atoms with Gasteiger partial charge in [0.15, 0.2) is 0 Å². The minimum absolute atomic E-state index is 0.100. The Morgan fingerprint density at radius 3 is 3.00 bits per heavy atom. The molecule has 1 aromatic rings. The SMILES string of the molecule is CC(C)O/N=C/c1ccncn1. The van der Waals surface area contributed by atoms with Crippen LogP contribution >= 0.6 is 0 Å². The molecule has 0 N–H and O–H groups in total. The van der Waals surface area contributed by atoms with Crippen molar-refractivity contribution in [2.45, 2.75) is 20.0 Å². The highest BCUT2D eigenvalue weighted by Crippen LogP contribution is 1.90. The normalized spacial score (nSPS) is 10.9. The summed E-state index contributed by atoms with van der Waals surface area (Å²) in [6.07, 6.45) is 4.78. The molecule has 64 valence electrons. The van der Waals surface area contributed by atoms with E-state index >= 15 is 0 Å². The fourth-order valence-corrected chi connectivity index (χ4v) is 0.583. The van der Waals surface area contributed by atoms with Gasteiger partial charge in [-0.15, -0.1) is 0 Å². The first-order valence-electron chi connectivity index (χ1n) is 3.74. The average Bonchev–Trinajstić information content (AvgIpc) is 2.05. The van der Waals surface area contributed by atoms with Crippen LogP contribution in [0, 0.1) is 0 Å². The van der Waals surface area contributed by atoms with E-state index < -0.39 is 0 Å². The van der Waals surface area contributed by atoms with Gasteiger partial charge in [0.1, 0.15) is 12.4 Å². The average molecular weight is 165 g/mol. The van der Waals surface area contributed by atoms with Crippen molar-refractivity contribution in [2.75, 3.05) is 0 Å². The number of aromatic nitrogens is 2. The highest BCUT2D eigenvalue weighted by molar-refractivity contribution is 5.75. The number of oxime groups is 1. The molecule has 0 aliphatic carbocycles. The largest absolute Gasteiger partial charge is 0.393 e. The number of hydrogen-bond donors (Lipinski definition) is 0. The van der Waals surface area contributed by atoms with E-state index in [1.807, 2.05) is 13.8 Å². The molecule has 4 heteroatoms. The highest BCUT2D eigenvalue weighted by atomic mass is 16.6. The molecule has 0 amide bonds. The molecule has 1 heterocycles. The van der Waals surface area contributed by atoms with Crippen molar-refractivity contribution in [2.24, 2.45) is 5.16 Å². The monoisotopic (exact) mass is 165 g/mol. The van der Waals surface area contributed by atoms with Crippen LogP contribution in [0.25, 0.3) is 0 Å². The second-order valence-electron chi connectivity index (χ2n) is 2.52. The fourth-order valence-electron chi connectivity index (χ4n) is 0.583.